The van der Waals surface area contributed by atoms with E-state index in [4.69, 9.17) is 0 Å². The Bertz CT molecular complexity index is 968. The van der Waals surface area contributed by atoms with Crippen LogP contribution in [0.15, 0.2) is 48.5 Å². The first kappa shape index (κ1) is 21.2. The van der Waals surface area contributed by atoms with Gasteiger partial charge in [0.15, 0.2) is 0 Å². The van der Waals surface area contributed by atoms with Gasteiger partial charge in [-0.25, -0.2) is 8.42 Å². The lowest BCUT2D eigenvalue weighted by atomic mass is 10.1. The van der Waals surface area contributed by atoms with Gasteiger partial charge < -0.3 is 9.80 Å². The second-order valence-electron chi connectivity index (χ2n) is 7.65. The van der Waals surface area contributed by atoms with E-state index in [0.29, 0.717) is 18.8 Å². The number of aryl methyl sites for hydroxylation is 2. The molecule has 2 aromatic carbocycles. The molecular formula is C22H29N3O3S. The van der Waals surface area contributed by atoms with Crippen LogP contribution in [0.25, 0.3) is 0 Å². The van der Waals surface area contributed by atoms with E-state index >= 15 is 0 Å². The minimum atomic E-state index is -3.61. The maximum absolute atomic E-state index is 13.2. The van der Waals surface area contributed by atoms with Crippen molar-refractivity contribution < 1.29 is 13.2 Å². The molecule has 3 rings (SSSR count). The van der Waals surface area contributed by atoms with Crippen molar-refractivity contribution in [3.63, 3.8) is 0 Å². The van der Waals surface area contributed by atoms with Crippen LogP contribution in [-0.2, 0) is 14.8 Å². The van der Waals surface area contributed by atoms with Gasteiger partial charge >= 0.3 is 0 Å². The molecule has 1 saturated heterocycles. The Morgan fingerprint density at radius 3 is 2.14 bits per heavy atom. The highest BCUT2D eigenvalue weighted by Crippen LogP contribution is 2.25. The van der Waals surface area contributed by atoms with Crippen LogP contribution in [0.5, 0.6) is 0 Å². The van der Waals surface area contributed by atoms with E-state index in [1.54, 1.807) is 17.9 Å². The fourth-order valence-corrected chi connectivity index (χ4v) is 4.91. The van der Waals surface area contributed by atoms with E-state index in [-0.39, 0.29) is 5.91 Å². The molecule has 1 fully saturated rings. The first-order chi connectivity index (χ1) is 13.7. The van der Waals surface area contributed by atoms with Crippen molar-refractivity contribution in [1.82, 2.24) is 4.90 Å². The summed E-state index contributed by atoms with van der Waals surface area (Å²) < 4.78 is 26.3. The van der Waals surface area contributed by atoms with E-state index in [2.05, 4.69) is 17.0 Å². The summed E-state index contributed by atoms with van der Waals surface area (Å²) in [6.45, 7) is 8.18. The first-order valence-corrected chi connectivity index (χ1v) is 11.7. The van der Waals surface area contributed by atoms with Crippen molar-refractivity contribution in [1.29, 1.82) is 0 Å². The maximum Gasteiger partial charge on any atom is 0.246 e. The lowest BCUT2D eigenvalue weighted by molar-refractivity contribution is -0.132. The number of rotatable bonds is 5. The number of hydrogen-bond acceptors (Lipinski definition) is 4. The summed E-state index contributed by atoms with van der Waals surface area (Å²) in [5, 5.41) is 0. The van der Waals surface area contributed by atoms with Crippen LogP contribution in [0.2, 0.25) is 0 Å². The van der Waals surface area contributed by atoms with Crippen molar-refractivity contribution in [2.75, 3.05) is 41.6 Å². The van der Waals surface area contributed by atoms with Gasteiger partial charge in [0.25, 0.3) is 0 Å². The molecule has 0 aliphatic carbocycles. The van der Waals surface area contributed by atoms with Crippen molar-refractivity contribution >= 4 is 27.3 Å². The first-order valence-electron chi connectivity index (χ1n) is 9.84. The highest BCUT2D eigenvalue weighted by atomic mass is 32.2. The van der Waals surface area contributed by atoms with E-state index < -0.39 is 16.1 Å². The Morgan fingerprint density at radius 1 is 0.966 bits per heavy atom. The summed E-state index contributed by atoms with van der Waals surface area (Å²) >= 11 is 0. The Hall–Kier alpha value is -2.54. The third-order valence-electron chi connectivity index (χ3n) is 5.52. The number of piperazine rings is 1. The molecule has 7 heteroatoms. The highest BCUT2D eigenvalue weighted by molar-refractivity contribution is 7.92. The van der Waals surface area contributed by atoms with Gasteiger partial charge in [0.2, 0.25) is 15.9 Å². The molecule has 1 heterocycles. The number of benzene rings is 2. The number of nitrogens with zero attached hydrogens (tertiary/aromatic N) is 3. The van der Waals surface area contributed by atoms with Crippen molar-refractivity contribution in [2.24, 2.45) is 0 Å². The van der Waals surface area contributed by atoms with Gasteiger partial charge in [-0.15, -0.1) is 0 Å². The summed E-state index contributed by atoms with van der Waals surface area (Å²) in [6.07, 6.45) is 1.15. The van der Waals surface area contributed by atoms with Crippen LogP contribution < -0.4 is 9.21 Å². The lowest BCUT2D eigenvalue weighted by Crippen LogP contribution is -2.55. The molecule has 1 amide bonds. The quantitative estimate of drug-likeness (QED) is 0.753. The van der Waals surface area contributed by atoms with Gasteiger partial charge in [0.05, 0.1) is 11.9 Å². The Morgan fingerprint density at radius 2 is 1.59 bits per heavy atom. The van der Waals surface area contributed by atoms with Crippen LogP contribution in [0, 0.1) is 13.8 Å². The van der Waals surface area contributed by atoms with Gasteiger partial charge in [0.1, 0.15) is 6.04 Å². The third kappa shape index (κ3) is 4.72. The second kappa shape index (κ2) is 8.45. The van der Waals surface area contributed by atoms with Crippen LogP contribution >= 0.6 is 0 Å². The second-order valence-corrected chi connectivity index (χ2v) is 9.51. The SMILES string of the molecule is Cc1ccc(N([C@H](C)C(=O)N2CCN(c3ccccc3)CC2)S(C)(=O)=O)cc1C. The number of carbonyl (C=O) groups is 1. The number of sulfonamides is 1. The molecule has 0 unspecified atom stereocenters. The molecule has 0 radical (unpaired) electrons. The molecule has 2 aromatic rings. The van der Waals surface area contributed by atoms with Gasteiger partial charge in [-0.3, -0.25) is 9.10 Å². The van der Waals surface area contributed by atoms with E-state index in [9.17, 15) is 13.2 Å². The number of carbonyl (C=O) groups excluding carboxylic acids is 1. The number of anilines is 2. The number of amides is 1. The smallest absolute Gasteiger partial charge is 0.246 e. The van der Waals surface area contributed by atoms with Crippen molar-refractivity contribution in [2.45, 2.75) is 26.8 Å². The molecule has 0 bridgehead atoms. The third-order valence-corrected chi connectivity index (χ3v) is 6.77. The zero-order valence-electron chi connectivity index (χ0n) is 17.5. The van der Waals surface area contributed by atoms with E-state index in [1.165, 1.54) is 4.31 Å². The zero-order valence-corrected chi connectivity index (χ0v) is 18.3. The summed E-state index contributed by atoms with van der Waals surface area (Å²) in [5.74, 6) is -0.165. The largest absolute Gasteiger partial charge is 0.368 e. The molecule has 1 aliphatic heterocycles. The lowest BCUT2D eigenvalue weighted by Gasteiger charge is -2.39. The summed E-state index contributed by atoms with van der Waals surface area (Å²) in [6, 6.07) is 14.8. The average Bonchev–Trinajstić information content (AvgIpc) is 2.70. The maximum atomic E-state index is 13.2. The Kier molecular flexibility index (Phi) is 6.17. The fraction of sp³-hybridized carbons (Fsp3) is 0.409. The molecule has 1 atom stereocenters. The number of hydrogen-bond donors (Lipinski definition) is 0. The van der Waals surface area contributed by atoms with Crippen molar-refractivity contribution in [3.05, 3.63) is 59.7 Å². The topological polar surface area (TPSA) is 60.9 Å². The van der Waals surface area contributed by atoms with Gasteiger partial charge in [-0.05, 0) is 56.2 Å². The fourth-order valence-electron chi connectivity index (χ4n) is 3.75. The molecule has 0 N–H and O–H groups in total. The van der Waals surface area contributed by atoms with Crippen molar-refractivity contribution in [3.8, 4) is 0 Å². The minimum absolute atomic E-state index is 0.165. The van der Waals surface area contributed by atoms with E-state index in [0.717, 1.165) is 36.2 Å². The van der Waals surface area contributed by atoms with Crippen LogP contribution in [-0.4, -0.2) is 57.7 Å². The molecule has 0 spiro atoms. The normalized spacial score (nSPS) is 15.9. The number of para-hydroxylation sites is 1. The minimum Gasteiger partial charge on any atom is -0.368 e. The predicted octanol–water partition coefficient (Wildman–Crippen LogP) is 2.81. The van der Waals surface area contributed by atoms with Crippen LogP contribution in [0.4, 0.5) is 11.4 Å². The van der Waals surface area contributed by atoms with Gasteiger partial charge in [-0.1, -0.05) is 24.3 Å². The van der Waals surface area contributed by atoms with Gasteiger partial charge in [-0.2, -0.15) is 0 Å². The standard InChI is InChI=1S/C22H29N3O3S/c1-17-10-11-21(16-18(17)2)25(29(4,27)28)19(3)22(26)24-14-12-23(13-15-24)20-8-6-5-7-9-20/h5-11,16,19H,12-15H2,1-4H3/t19-/m1/s1. The van der Waals surface area contributed by atoms with Crippen LogP contribution in [0.1, 0.15) is 18.1 Å². The zero-order chi connectivity index (χ0) is 21.2. The molecule has 156 valence electrons. The Balaban J connectivity index is 1.76. The van der Waals surface area contributed by atoms with Crippen LogP contribution in [0.3, 0.4) is 0 Å². The molecule has 0 saturated carbocycles. The molecular weight excluding hydrogens is 386 g/mol. The molecule has 0 aromatic heterocycles. The summed E-state index contributed by atoms with van der Waals surface area (Å²) in [7, 11) is -3.61. The monoisotopic (exact) mass is 415 g/mol. The summed E-state index contributed by atoms with van der Waals surface area (Å²) in [5.41, 5.74) is 3.74. The predicted molar refractivity (Wildman–Crippen MR) is 118 cm³/mol. The summed E-state index contributed by atoms with van der Waals surface area (Å²) in [4.78, 5) is 17.2. The van der Waals surface area contributed by atoms with E-state index in [1.807, 2.05) is 44.2 Å². The molecule has 1 aliphatic rings. The average molecular weight is 416 g/mol. The van der Waals surface area contributed by atoms with Gasteiger partial charge in [0, 0.05) is 31.9 Å². The highest BCUT2D eigenvalue weighted by Gasteiger charge is 2.33. The Labute approximate surface area is 173 Å². The molecule has 29 heavy (non-hydrogen) atoms. The molecule has 6 nitrogen and oxygen atoms in total.